The summed E-state index contributed by atoms with van der Waals surface area (Å²) in [7, 11) is 0. The van der Waals surface area contributed by atoms with Crippen LogP contribution in [0.3, 0.4) is 0 Å². The van der Waals surface area contributed by atoms with Crippen LogP contribution in [-0.4, -0.2) is 24.3 Å². The van der Waals surface area contributed by atoms with Gasteiger partial charge in [-0.15, -0.1) is 0 Å². The number of β-amino-alcohol motifs (C(OH)–C–C–N with tert-alkyl or cyclic N) is 1. The maximum absolute atomic E-state index is 9.11. The lowest BCUT2D eigenvalue weighted by Crippen LogP contribution is -2.51. The molecule has 12 heavy (non-hydrogen) atoms. The Hall–Kier alpha value is -1.02. The second kappa shape index (κ2) is 2.79. The minimum atomic E-state index is -0.149. The van der Waals surface area contributed by atoms with Gasteiger partial charge in [-0.1, -0.05) is 18.2 Å². The van der Waals surface area contributed by atoms with Crippen molar-refractivity contribution < 1.29 is 5.11 Å². The van der Waals surface area contributed by atoms with E-state index in [2.05, 4.69) is 11.8 Å². The summed E-state index contributed by atoms with van der Waals surface area (Å²) in [6, 6.07) is 7.99. The molecule has 1 fully saturated rings. The van der Waals surface area contributed by atoms with E-state index < -0.39 is 0 Å². The van der Waals surface area contributed by atoms with Gasteiger partial charge in [-0.05, 0) is 18.6 Å². The van der Waals surface area contributed by atoms with Crippen LogP contribution in [0.1, 0.15) is 5.56 Å². The highest BCUT2D eigenvalue weighted by atomic mass is 16.3. The molecule has 1 saturated heterocycles. The molecule has 63 valence electrons. The van der Waals surface area contributed by atoms with Crippen molar-refractivity contribution in [1.29, 1.82) is 0 Å². The van der Waals surface area contributed by atoms with Crippen LogP contribution in [0.2, 0.25) is 0 Å². The third kappa shape index (κ3) is 1.18. The molecule has 1 N–H and O–H groups in total. The third-order valence-electron chi connectivity index (χ3n) is 2.19. The van der Waals surface area contributed by atoms with Crippen LogP contribution >= 0.6 is 0 Å². The number of nitrogens with zero attached hydrogens (tertiary/aromatic N) is 1. The average molecular weight is 162 g/mol. The fourth-order valence-corrected chi connectivity index (χ4v) is 1.47. The van der Waals surface area contributed by atoms with Crippen LogP contribution < -0.4 is 4.90 Å². The molecule has 1 aromatic rings. The Morgan fingerprint density at radius 3 is 2.58 bits per heavy atom. The second-order valence-corrected chi connectivity index (χ2v) is 3.19. The summed E-state index contributed by atoms with van der Waals surface area (Å²) in [6.07, 6.45) is -0.149. The van der Waals surface area contributed by atoms with Crippen LogP contribution in [-0.2, 0) is 0 Å². The summed E-state index contributed by atoms with van der Waals surface area (Å²) in [5.41, 5.74) is 2.17. The van der Waals surface area contributed by atoms with Crippen LogP contribution in [0.25, 0.3) is 0 Å². The molecule has 1 aliphatic heterocycles. The maximum Gasteiger partial charge on any atom is 0.0889 e. The highest BCUT2D eigenvalue weighted by Crippen LogP contribution is 2.23. The van der Waals surface area contributed by atoms with Crippen molar-refractivity contribution in [3.63, 3.8) is 0 Å². The Kier molecular flexibility index (Phi) is 1.77. The average Bonchev–Trinajstić information content (AvgIpc) is 2.01. The lowest BCUT2D eigenvalue weighted by Gasteiger charge is -2.38. The molecule has 2 nitrogen and oxygen atoms in total. The maximum atomic E-state index is 9.11. The molecule has 0 spiro atoms. The first-order valence-corrected chi connectivity index (χ1v) is 4.11. The van der Waals surface area contributed by atoms with Crippen molar-refractivity contribution in [1.82, 2.24) is 0 Å². The van der Waals surface area contributed by atoms with Gasteiger partial charge in [-0.25, -0.2) is 0 Å². The van der Waals surface area contributed by atoms with E-state index in [1.165, 1.54) is 0 Å². The van der Waals surface area contributed by atoms with E-state index in [0.29, 0.717) is 0 Å². The Labute approximate surface area is 72.4 Å². The topological polar surface area (TPSA) is 23.5 Å². The third-order valence-corrected chi connectivity index (χ3v) is 2.19. The van der Waals surface area contributed by atoms with Crippen LogP contribution in [0.5, 0.6) is 0 Å². The van der Waals surface area contributed by atoms with Gasteiger partial charge in [0.15, 0.2) is 0 Å². The van der Waals surface area contributed by atoms with Gasteiger partial charge >= 0.3 is 0 Å². The minimum Gasteiger partial charge on any atom is -0.389 e. The summed E-state index contributed by atoms with van der Waals surface area (Å²) < 4.78 is 0. The number of rotatable bonds is 1. The zero-order chi connectivity index (χ0) is 8.55. The quantitative estimate of drug-likeness (QED) is 0.667. The number of aliphatic hydroxyl groups is 1. The van der Waals surface area contributed by atoms with E-state index >= 15 is 0 Å². The molecule has 1 radical (unpaired) electrons. The Balaban J connectivity index is 2.18. The van der Waals surface area contributed by atoms with Crippen molar-refractivity contribution in [2.45, 2.75) is 6.10 Å². The molecule has 0 amide bonds. The van der Waals surface area contributed by atoms with E-state index in [-0.39, 0.29) is 6.10 Å². The van der Waals surface area contributed by atoms with Gasteiger partial charge in [-0.3, -0.25) is 0 Å². The van der Waals surface area contributed by atoms with Gasteiger partial charge in [0.05, 0.1) is 6.10 Å². The van der Waals surface area contributed by atoms with Crippen LogP contribution in [0, 0.1) is 6.92 Å². The molecule has 2 heteroatoms. The van der Waals surface area contributed by atoms with E-state index in [9.17, 15) is 0 Å². The lowest BCUT2D eigenvalue weighted by atomic mass is 10.1. The van der Waals surface area contributed by atoms with E-state index in [4.69, 9.17) is 5.11 Å². The van der Waals surface area contributed by atoms with Crippen molar-refractivity contribution in [3.05, 3.63) is 36.8 Å². The van der Waals surface area contributed by atoms with Gasteiger partial charge in [0.25, 0.3) is 0 Å². The van der Waals surface area contributed by atoms with Crippen molar-refractivity contribution in [2.24, 2.45) is 0 Å². The number of hydrogen-bond acceptors (Lipinski definition) is 2. The van der Waals surface area contributed by atoms with E-state index in [0.717, 1.165) is 24.3 Å². The van der Waals surface area contributed by atoms with E-state index in [1.807, 2.05) is 24.3 Å². The van der Waals surface area contributed by atoms with Gasteiger partial charge < -0.3 is 10.0 Å². The number of anilines is 1. The first kappa shape index (κ1) is 7.62. The molecule has 0 aromatic heterocycles. The predicted octanol–water partition coefficient (Wildman–Crippen LogP) is 1.05. The van der Waals surface area contributed by atoms with Gasteiger partial charge in [0, 0.05) is 18.8 Å². The summed E-state index contributed by atoms with van der Waals surface area (Å²) in [6.45, 7) is 5.41. The molecule has 0 aliphatic carbocycles. The molecule has 1 aromatic carbocycles. The molecular formula is C10H12NO. The first-order valence-electron chi connectivity index (χ1n) is 4.11. The summed E-state index contributed by atoms with van der Waals surface area (Å²) in [4.78, 5) is 2.13. The zero-order valence-corrected chi connectivity index (χ0v) is 6.90. The number of hydrogen-bond donors (Lipinski definition) is 1. The zero-order valence-electron chi connectivity index (χ0n) is 6.90. The minimum absolute atomic E-state index is 0.149. The van der Waals surface area contributed by atoms with Gasteiger partial charge in [0.1, 0.15) is 0 Å². The van der Waals surface area contributed by atoms with Crippen LogP contribution in [0.15, 0.2) is 24.3 Å². The molecule has 0 atom stereocenters. The fourth-order valence-electron chi connectivity index (χ4n) is 1.47. The van der Waals surface area contributed by atoms with Gasteiger partial charge in [-0.2, -0.15) is 0 Å². The SMILES string of the molecule is [CH2]c1ccccc1N1CC(O)C1. The fraction of sp³-hybridized carbons (Fsp3) is 0.300. The molecule has 0 bridgehead atoms. The first-order chi connectivity index (χ1) is 5.77. The molecular weight excluding hydrogens is 150 g/mol. The molecule has 0 saturated carbocycles. The highest BCUT2D eigenvalue weighted by Gasteiger charge is 2.24. The number of aliphatic hydroxyl groups excluding tert-OH is 1. The lowest BCUT2D eigenvalue weighted by molar-refractivity contribution is 0.142. The van der Waals surface area contributed by atoms with Crippen molar-refractivity contribution in [2.75, 3.05) is 18.0 Å². The predicted molar refractivity (Wildman–Crippen MR) is 49.1 cm³/mol. The molecule has 1 aliphatic rings. The number of benzene rings is 1. The summed E-state index contributed by atoms with van der Waals surface area (Å²) in [5, 5.41) is 9.11. The Morgan fingerprint density at radius 1 is 1.33 bits per heavy atom. The standard InChI is InChI=1S/C10H12NO/c1-8-4-2-3-5-10(8)11-6-9(12)7-11/h2-5,9,12H,1,6-7H2. The van der Waals surface area contributed by atoms with Crippen LogP contribution in [0.4, 0.5) is 5.69 Å². The second-order valence-electron chi connectivity index (χ2n) is 3.19. The van der Waals surface area contributed by atoms with Crippen molar-refractivity contribution in [3.8, 4) is 0 Å². The monoisotopic (exact) mass is 162 g/mol. The largest absolute Gasteiger partial charge is 0.389 e. The summed E-state index contributed by atoms with van der Waals surface area (Å²) >= 11 is 0. The summed E-state index contributed by atoms with van der Waals surface area (Å²) in [5.74, 6) is 0. The molecule has 1 heterocycles. The highest BCUT2D eigenvalue weighted by molar-refractivity contribution is 5.56. The van der Waals surface area contributed by atoms with Gasteiger partial charge in [0.2, 0.25) is 0 Å². The normalized spacial score (nSPS) is 17.7. The van der Waals surface area contributed by atoms with E-state index in [1.54, 1.807) is 0 Å². The number of para-hydroxylation sites is 1. The molecule has 2 rings (SSSR count). The Bertz CT molecular complexity index is 279. The molecule has 0 unspecified atom stereocenters. The Morgan fingerprint density at radius 2 is 2.00 bits per heavy atom. The smallest absolute Gasteiger partial charge is 0.0889 e. The van der Waals surface area contributed by atoms with Crippen molar-refractivity contribution >= 4 is 5.69 Å².